The summed E-state index contributed by atoms with van der Waals surface area (Å²) >= 11 is 0. The number of nitrogens with two attached hydrogens (primary N) is 1. The number of halogens is 3. The molecule has 2 N–H and O–H groups in total. The SMILES string of the molecule is COc1cc2c(cc1F)nc(N)n2-c1cc(F)ccc1F. The fraction of sp³-hybridized carbons (Fsp3) is 0.0714. The average molecular weight is 293 g/mol. The van der Waals surface area contributed by atoms with Crippen molar-refractivity contribution in [2.45, 2.75) is 0 Å². The van der Waals surface area contributed by atoms with Gasteiger partial charge < -0.3 is 10.5 Å². The highest BCUT2D eigenvalue weighted by atomic mass is 19.1. The number of aromatic nitrogens is 2. The van der Waals surface area contributed by atoms with Crippen LogP contribution < -0.4 is 10.5 Å². The number of methoxy groups -OCH3 is 1. The van der Waals surface area contributed by atoms with Crippen molar-refractivity contribution < 1.29 is 17.9 Å². The maximum absolute atomic E-state index is 13.9. The Kier molecular flexibility index (Phi) is 2.97. The molecule has 0 aliphatic heterocycles. The molecule has 1 aromatic heterocycles. The molecule has 0 fully saturated rings. The second-order valence-electron chi connectivity index (χ2n) is 4.38. The number of fused-ring (bicyclic) bond motifs is 1. The van der Waals surface area contributed by atoms with Crippen LogP contribution in [0.3, 0.4) is 0 Å². The van der Waals surface area contributed by atoms with E-state index in [-0.39, 0.29) is 22.9 Å². The fourth-order valence-corrected chi connectivity index (χ4v) is 2.16. The first-order chi connectivity index (χ1) is 10.0. The van der Waals surface area contributed by atoms with Crippen LogP contribution in [0.25, 0.3) is 16.7 Å². The van der Waals surface area contributed by atoms with Crippen LogP contribution in [0.4, 0.5) is 19.1 Å². The van der Waals surface area contributed by atoms with Gasteiger partial charge in [0.05, 0.1) is 23.8 Å². The van der Waals surface area contributed by atoms with Crippen LogP contribution in [0.1, 0.15) is 0 Å². The van der Waals surface area contributed by atoms with Crippen LogP contribution >= 0.6 is 0 Å². The van der Waals surface area contributed by atoms with Crippen LogP contribution in [0.15, 0.2) is 30.3 Å². The van der Waals surface area contributed by atoms with Gasteiger partial charge in [0.15, 0.2) is 11.6 Å². The molecular weight excluding hydrogens is 283 g/mol. The van der Waals surface area contributed by atoms with Crippen molar-refractivity contribution in [3.8, 4) is 11.4 Å². The predicted molar refractivity (Wildman–Crippen MR) is 71.9 cm³/mol. The second-order valence-corrected chi connectivity index (χ2v) is 4.38. The van der Waals surface area contributed by atoms with Crippen LogP contribution in [0, 0.1) is 17.5 Å². The van der Waals surface area contributed by atoms with Crippen LogP contribution in [0.5, 0.6) is 5.75 Å². The summed E-state index contributed by atoms with van der Waals surface area (Å²) < 4.78 is 47.0. The average Bonchev–Trinajstić information content (AvgIpc) is 2.75. The molecule has 0 aliphatic carbocycles. The Balaban J connectivity index is 2.36. The van der Waals surface area contributed by atoms with E-state index in [0.29, 0.717) is 5.52 Å². The van der Waals surface area contributed by atoms with E-state index in [1.54, 1.807) is 0 Å². The van der Waals surface area contributed by atoms with Gasteiger partial charge >= 0.3 is 0 Å². The topological polar surface area (TPSA) is 53.1 Å². The number of nitrogen functional groups attached to an aromatic ring is 1. The van der Waals surface area contributed by atoms with E-state index in [4.69, 9.17) is 10.5 Å². The summed E-state index contributed by atoms with van der Waals surface area (Å²) in [6.07, 6.45) is 0. The molecule has 2 aromatic carbocycles. The molecule has 0 bridgehead atoms. The van der Waals surface area contributed by atoms with Crippen molar-refractivity contribution in [1.82, 2.24) is 9.55 Å². The highest BCUT2D eigenvalue weighted by Gasteiger charge is 2.17. The zero-order chi connectivity index (χ0) is 15.1. The third kappa shape index (κ3) is 2.06. The van der Waals surface area contributed by atoms with E-state index in [0.717, 1.165) is 24.3 Å². The van der Waals surface area contributed by atoms with E-state index in [1.165, 1.54) is 17.7 Å². The van der Waals surface area contributed by atoms with Crippen molar-refractivity contribution in [3.63, 3.8) is 0 Å². The van der Waals surface area contributed by atoms with E-state index >= 15 is 0 Å². The molecule has 0 radical (unpaired) electrons. The van der Waals surface area contributed by atoms with Gasteiger partial charge in [-0.3, -0.25) is 4.57 Å². The van der Waals surface area contributed by atoms with Crippen LogP contribution in [0.2, 0.25) is 0 Å². The van der Waals surface area contributed by atoms with Crippen LogP contribution in [-0.4, -0.2) is 16.7 Å². The summed E-state index contributed by atoms with van der Waals surface area (Å²) in [6, 6.07) is 5.42. The zero-order valence-electron chi connectivity index (χ0n) is 10.9. The molecule has 108 valence electrons. The molecule has 7 heteroatoms. The summed E-state index contributed by atoms with van der Waals surface area (Å²) in [7, 11) is 1.30. The first-order valence-electron chi connectivity index (χ1n) is 5.98. The minimum absolute atomic E-state index is 0.0412. The smallest absolute Gasteiger partial charge is 0.206 e. The van der Waals surface area contributed by atoms with Crippen molar-refractivity contribution in [2.24, 2.45) is 0 Å². The number of anilines is 1. The number of nitrogens with zero attached hydrogens (tertiary/aromatic N) is 2. The lowest BCUT2D eigenvalue weighted by Crippen LogP contribution is -2.03. The van der Waals surface area contributed by atoms with E-state index in [9.17, 15) is 13.2 Å². The molecule has 0 saturated carbocycles. The minimum Gasteiger partial charge on any atom is -0.494 e. The Morgan fingerprint density at radius 2 is 1.86 bits per heavy atom. The van der Waals surface area contributed by atoms with Gasteiger partial charge in [0.25, 0.3) is 0 Å². The predicted octanol–water partition coefficient (Wildman–Crippen LogP) is 3.03. The van der Waals surface area contributed by atoms with Crippen LogP contribution in [-0.2, 0) is 0 Å². The molecule has 0 amide bonds. The van der Waals surface area contributed by atoms with Crippen molar-refractivity contribution in [2.75, 3.05) is 12.8 Å². The summed E-state index contributed by atoms with van der Waals surface area (Å²) in [5.74, 6) is -2.04. The molecular formula is C14H10F3N3O. The van der Waals surface area contributed by atoms with E-state index in [1.807, 2.05) is 0 Å². The number of hydrogen-bond acceptors (Lipinski definition) is 3. The fourth-order valence-electron chi connectivity index (χ4n) is 2.16. The third-order valence-electron chi connectivity index (χ3n) is 3.10. The molecule has 0 spiro atoms. The van der Waals surface area contributed by atoms with Gasteiger partial charge in [0.2, 0.25) is 5.95 Å². The molecule has 21 heavy (non-hydrogen) atoms. The molecule has 3 rings (SSSR count). The zero-order valence-corrected chi connectivity index (χ0v) is 10.9. The highest BCUT2D eigenvalue weighted by molar-refractivity contribution is 5.82. The standard InChI is InChI=1S/C14H10F3N3O/c1-21-13-6-12-10(5-9(13)17)19-14(18)20(12)11-4-7(15)2-3-8(11)16/h2-6H,1H3,(H2,18,19). The summed E-state index contributed by atoms with van der Waals surface area (Å²) in [5, 5.41) is 0. The molecule has 3 aromatic rings. The highest BCUT2D eigenvalue weighted by Crippen LogP contribution is 2.30. The summed E-state index contributed by atoms with van der Waals surface area (Å²) in [6.45, 7) is 0. The Morgan fingerprint density at radius 1 is 1.10 bits per heavy atom. The van der Waals surface area contributed by atoms with Crippen molar-refractivity contribution in [1.29, 1.82) is 0 Å². The van der Waals surface area contributed by atoms with Gasteiger partial charge in [0, 0.05) is 18.2 Å². The van der Waals surface area contributed by atoms with Gasteiger partial charge in [0.1, 0.15) is 11.6 Å². The third-order valence-corrected chi connectivity index (χ3v) is 3.10. The number of benzene rings is 2. The largest absolute Gasteiger partial charge is 0.494 e. The number of ether oxygens (including phenoxy) is 1. The van der Waals surface area contributed by atoms with Gasteiger partial charge in [-0.1, -0.05) is 0 Å². The molecule has 1 heterocycles. The number of imidazole rings is 1. The summed E-state index contributed by atoms with van der Waals surface area (Å²) in [5.41, 5.74) is 6.17. The molecule has 0 aliphatic rings. The molecule has 0 unspecified atom stereocenters. The summed E-state index contributed by atoms with van der Waals surface area (Å²) in [4.78, 5) is 3.95. The lowest BCUT2D eigenvalue weighted by molar-refractivity contribution is 0.387. The lowest BCUT2D eigenvalue weighted by atomic mass is 10.2. The van der Waals surface area contributed by atoms with Gasteiger partial charge in [-0.2, -0.15) is 0 Å². The Bertz CT molecular complexity index is 845. The number of hydrogen-bond donors (Lipinski definition) is 1. The van der Waals surface area contributed by atoms with E-state index in [2.05, 4.69) is 4.98 Å². The lowest BCUT2D eigenvalue weighted by Gasteiger charge is -2.09. The maximum Gasteiger partial charge on any atom is 0.206 e. The normalized spacial score (nSPS) is 11.0. The Hall–Kier alpha value is -2.70. The molecule has 0 saturated heterocycles. The number of rotatable bonds is 2. The molecule has 0 atom stereocenters. The first-order valence-corrected chi connectivity index (χ1v) is 5.98. The van der Waals surface area contributed by atoms with Crippen molar-refractivity contribution >= 4 is 17.0 Å². The Morgan fingerprint density at radius 3 is 2.57 bits per heavy atom. The quantitative estimate of drug-likeness (QED) is 0.790. The van der Waals surface area contributed by atoms with Crippen molar-refractivity contribution in [3.05, 3.63) is 47.8 Å². The van der Waals surface area contributed by atoms with Gasteiger partial charge in [-0.25, -0.2) is 18.2 Å². The first kappa shape index (κ1) is 13.3. The monoisotopic (exact) mass is 293 g/mol. The van der Waals surface area contributed by atoms with Gasteiger partial charge in [-0.15, -0.1) is 0 Å². The minimum atomic E-state index is -0.675. The maximum atomic E-state index is 13.9. The Labute approximate surface area is 117 Å². The van der Waals surface area contributed by atoms with Gasteiger partial charge in [-0.05, 0) is 12.1 Å². The molecule has 4 nitrogen and oxygen atoms in total. The van der Waals surface area contributed by atoms with E-state index < -0.39 is 17.5 Å². The second kappa shape index (κ2) is 4.69.